The minimum absolute atomic E-state index is 0.279. The quantitative estimate of drug-likeness (QED) is 0.828. The summed E-state index contributed by atoms with van der Waals surface area (Å²) in [6, 6.07) is 6.41. The number of para-hydroxylation sites is 1. The van der Waals surface area contributed by atoms with Crippen molar-refractivity contribution in [3.05, 3.63) is 29.3 Å². The van der Waals surface area contributed by atoms with Gasteiger partial charge in [-0.1, -0.05) is 18.2 Å². The van der Waals surface area contributed by atoms with Gasteiger partial charge >= 0.3 is 0 Å². The fourth-order valence-electron chi connectivity index (χ4n) is 3.02. The third-order valence-electron chi connectivity index (χ3n) is 4.07. The molecule has 1 aromatic rings. The van der Waals surface area contributed by atoms with Crippen LogP contribution in [0.5, 0.6) is 5.75 Å². The van der Waals surface area contributed by atoms with Crippen LogP contribution in [0.1, 0.15) is 36.8 Å². The second kappa shape index (κ2) is 4.90. The zero-order valence-corrected chi connectivity index (χ0v) is 10.8. The van der Waals surface area contributed by atoms with Crippen molar-refractivity contribution in [3.63, 3.8) is 0 Å². The van der Waals surface area contributed by atoms with Crippen LogP contribution in [0.3, 0.4) is 0 Å². The van der Waals surface area contributed by atoms with Crippen molar-refractivity contribution in [3.8, 4) is 5.75 Å². The minimum atomic E-state index is -0.279. The Morgan fingerprint density at radius 2 is 2.00 bits per heavy atom. The van der Waals surface area contributed by atoms with Crippen molar-refractivity contribution in [1.82, 2.24) is 0 Å². The first-order valence-corrected chi connectivity index (χ1v) is 6.91. The molecule has 18 heavy (non-hydrogen) atoms. The van der Waals surface area contributed by atoms with Crippen LogP contribution in [-0.2, 0) is 16.7 Å². The number of benzene rings is 1. The monoisotopic (exact) mass is 247 g/mol. The highest BCUT2D eigenvalue weighted by molar-refractivity contribution is 5.46. The molecule has 1 unspecified atom stereocenters. The van der Waals surface area contributed by atoms with E-state index in [2.05, 4.69) is 18.2 Å². The molecule has 3 nitrogen and oxygen atoms in total. The molecule has 1 saturated heterocycles. The molecule has 0 bridgehead atoms. The Labute approximate surface area is 108 Å². The predicted octanol–water partition coefficient (Wildman–Crippen LogP) is 2.37. The Morgan fingerprint density at radius 3 is 2.94 bits per heavy atom. The Hall–Kier alpha value is -1.06. The normalized spacial score (nSPS) is 28.1. The number of hydrogen-bond donors (Lipinski definition) is 1. The van der Waals surface area contributed by atoms with Gasteiger partial charge in [-0.05, 0) is 37.7 Å². The van der Waals surface area contributed by atoms with Crippen molar-refractivity contribution in [2.24, 2.45) is 5.73 Å². The molecule has 1 fully saturated rings. The fourth-order valence-corrected chi connectivity index (χ4v) is 3.02. The Balaban J connectivity index is 1.99. The predicted molar refractivity (Wildman–Crippen MR) is 70.8 cm³/mol. The minimum Gasteiger partial charge on any atom is -0.493 e. The van der Waals surface area contributed by atoms with Crippen molar-refractivity contribution in [1.29, 1.82) is 0 Å². The van der Waals surface area contributed by atoms with Gasteiger partial charge in [0.2, 0.25) is 0 Å². The van der Waals surface area contributed by atoms with Crippen LogP contribution in [-0.4, -0.2) is 19.8 Å². The first-order chi connectivity index (χ1) is 8.80. The van der Waals surface area contributed by atoms with E-state index in [0.717, 1.165) is 57.7 Å². The molecule has 0 saturated carbocycles. The maximum atomic E-state index is 6.64. The summed E-state index contributed by atoms with van der Waals surface area (Å²) < 4.78 is 11.4. The van der Waals surface area contributed by atoms with Gasteiger partial charge < -0.3 is 15.2 Å². The second-order valence-electron chi connectivity index (χ2n) is 5.37. The van der Waals surface area contributed by atoms with Gasteiger partial charge in [0.15, 0.2) is 0 Å². The Kier molecular flexibility index (Phi) is 3.27. The van der Waals surface area contributed by atoms with Gasteiger partial charge in [-0.3, -0.25) is 0 Å². The third-order valence-corrected chi connectivity index (χ3v) is 4.07. The van der Waals surface area contributed by atoms with Gasteiger partial charge in [-0.2, -0.15) is 0 Å². The first-order valence-electron chi connectivity index (χ1n) is 6.91. The number of rotatable bonds is 1. The third kappa shape index (κ3) is 2.13. The van der Waals surface area contributed by atoms with E-state index in [1.807, 2.05) is 0 Å². The summed E-state index contributed by atoms with van der Waals surface area (Å²) in [5, 5.41) is 0. The lowest BCUT2D eigenvalue weighted by molar-refractivity contribution is 0.139. The van der Waals surface area contributed by atoms with Crippen LogP contribution in [0.25, 0.3) is 0 Å². The standard InChI is InChI=1S/C15H21NO2/c16-15(7-3-9-17-11-8-15)13-6-1-4-12-5-2-10-18-14(12)13/h1,4,6H,2-3,5,7-11,16H2. The van der Waals surface area contributed by atoms with Crippen LogP contribution in [0.2, 0.25) is 0 Å². The molecular weight excluding hydrogens is 226 g/mol. The number of hydrogen-bond acceptors (Lipinski definition) is 3. The lowest BCUT2D eigenvalue weighted by Gasteiger charge is -2.32. The summed E-state index contributed by atoms with van der Waals surface area (Å²) in [6.07, 6.45) is 5.10. The van der Waals surface area contributed by atoms with Crippen molar-refractivity contribution in [2.75, 3.05) is 19.8 Å². The van der Waals surface area contributed by atoms with Gasteiger partial charge in [0.1, 0.15) is 5.75 Å². The van der Waals surface area contributed by atoms with Gasteiger partial charge in [0, 0.05) is 24.3 Å². The highest BCUT2D eigenvalue weighted by Gasteiger charge is 2.32. The summed E-state index contributed by atoms with van der Waals surface area (Å²) in [5.41, 5.74) is 8.86. The van der Waals surface area contributed by atoms with Crippen LogP contribution in [0.4, 0.5) is 0 Å². The molecule has 3 rings (SSSR count). The average molecular weight is 247 g/mol. The topological polar surface area (TPSA) is 44.5 Å². The maximum absolute atomic E-state index is 6.64. The largest absolute Gasteiger partial charge is 0.493 e. The summed E-state index contributed by atoms with van der Waals surface area (Å²) >= 11 is 0. The van der Waals surface area contributed by atoms with E-state index in [0.29, 0.717) is 0 Å². The van der Waals surface area contributed by atoms with E-state index in [1.54, 1.807) is 0 Å². The lowest BCUT2D eigenvalue weighted by Crippen LogP contribution is -2.37. The van der Waals surface area contributed by atoms with Gasteiger partial charge in [0.25, 0.3) is 0 Å². The Morgan fingerprint density at radius 1 is 1.06 bits per heavy atom. The molecule has 98 valence electrons. The number of fused-ring (bicyclic) bond motifs is 1. The van der Waals surface area contributed by atoms with Crippen molar-refractivity contribution >= 4 is 0 Å². The zero-order valence-electron chi connectivity index (χ0n) is 10.8. The maximum Gasteiger partial charge on any atom is 0.127 e. The molecule has 2 aliphatic heterocycles. The Bertz CT molecular complexity index is 423. The second-order valence-corrected chi connectivity index (χ2v) is 5.37. The molecule has 0 amide bonds. The van der Waals surface area contributed by atoms with Gasteiger partial charge in [0.05, 0.1) is 6.61 Å². The van der Waals surface area contributed by atoms with E-state index in [9.17, 15) is 0 Å². The van der Waals surface area contributed by atoms with Crippen LogP contribution >= 0.6 is 0 Å². The fraction of sp³-hybridized carbons (Fsp3) is 0.600. The number of ether oxygens (including phenoxy) is 2. The molecule has 0 radical (unpaired) electrons. The highest BCUT2D eigenvalue weighted by Crippen LogP contribution is 2.39. The van der Waals surface area contributed by atoms with Crippen LogP contribution < -0.4 is 10.5 Å². The van der Waals surface area contributed by atoms with E-state index >= 15 is 0 Å². The van der Waals surface area contributed by atoms with E-state index in [-0.39, 0.29) is 5.54 Å². The average Bonchev–Trinajstić information content (AvgIpc) is 2.64. The molecular formula is C15H21NO2. The lowest BCUT2D eigenvalue weighted by atomic mass is 9.82. The van der Waals surface area contributed by atoms with Crippen molar-refractivity contribution < 1.29 is 9.47 Å². The zero-order chi connectivity index (χ0) is 12.4. The first kappa shape index (κ1) is 12.0. The summed E-state index contributed by atoms with van der Waals surface area (Å²) in [7, 11) is 0. The molecule has 2 N–H and O–H groups in total. The molecule has 0 aromatic heterocycles. The molecule has 2 aliphatic rings. The molecule has 3 heteroatoms. The van der Waals surface area contributed by atoms with Crippen LogP contribution in [0.15, 0.2) is 18.2 Å². The summed E-state index contributed by atoms with van der Waals surface area (Å²) in [6.45, 7) is 2.39. The van der Waals surface area contributed by atoms with E-state index in [4.69, 9.17) is 15.2 Å². The molecule has 2 heterocycles. The molecule has 0 aliphatic carbocycles. The summed E-state index contributed by atoms with van der Waals surface area (Å²) in [5.74, 6) is 1.05. The highest BCUT2D eigenvalue weighted by atomic mass is 16.5. The van der Waals surface area contributed by atoms with Gasteiger partial charge in [-0.25, -0.2) is 0 Å². The SMILES string of the molecule is NC1(c2cccc3c2OCCC3)CCCOCC1. The van der Waals surface area contributed by atoms with Crippen molar-refractivity contribution in [2.45, 2.75) is 37.6 Å². The number of aryl methyl sites for hydroxylation is 1. The smallest absolute Gasteiger partial charge is 0.127 e. The van der Waals surface area contributed by atoms with Crippen LogP contribution in [0, 0.1) is 0 Å². The summed E-state index contributed by atoms with van der Waals surface area (Å²) in [4.78, 5) is 0. The number of nitrogens with two attached hydrogens (primary N) is 1. The molecule has 0 spiro atoms. The van der Waals surface area contributed by atoms with Gasteiger partial charge in [-0.15, -0.1) is 0 Å². The van der Waals surface area contributed by atoms with E-state index in [1.165, 1.54) is 11.1 Å². The molecule has 1 atom stereocenters. The molecule has 1 aromatic carbocycles. The van der Waals surface area contributed by atoms with E-state index < -0.39 is 0 Å².